The summed E-state index contributed by atoms with van der Waals surface area (Å²) in [6.45, 7) is 0.457. The summed E-state index contributed by atoms with van der Waals surface area (Å²) in [7, 11) is 1.82. The van der Waals surface area contributed by atoms with Crippen LogP contribution < -0.4 is 16.0 Å². The van der Waals surface area contributed by atoms with Crippen LogP contribution in [0.2, 0.25) is 0 Å². The van der Waals surface area contributed by atoms with Crippen molar-refractivity contribution in [3.8, 4) is 11.1 Å². The largest absolute Gasteiger partial charge is 0.388 e. The number of nitrogens with one attached hydrogen (secondary N) is 3. The first-order valence-corrected chi connectivity index (χ1v) is 8.76. The minimum absolute atomic E-state index is 0.163. The summed E-state index contributed by atoms with van der Waals surface area (Å²) in [4.78, 5) is 25.0. The Bertz CT molecular complexity index is 1010. The Kier molecular flexibility index (Phi) is 4.34. The number of rotatable bonds is 4. The molecule has 0 saturated heterocycles. The first-order chi connectivity index (χ1) is 13.2. The van der Waals surface area contributed by atoms with Gasteiger partial charge < -0.3 is 16.0 Å². The van der Waals surface area contributed by atoms with E-state index in [0.29, 0.717) is 23.4 Å². The maximum atomic E-state index is 12.6. The fraction of sp³-hybridized carbons (Fsp3) is 0.0909. The van der Waals surface area contributed by atoms with Crippen molar-refractivity contribution in [1.82, 2.24) is 5.32 Å². The highest BCUT2D eigenvalue weighted by atomic mass is 16.2. The molecule has 0 fully saturated rings. The second kappa shape index (κ2) is 6.96. The fourth-order valence-electron chi connectivity index (χ4n) is 3.32. The zero-order chi connectivity index (χ0) is 18.8. The molecule has 2 amide bonds. The fourth-order valence-corrected chi connectivity index (χ4v) is 3.32. The molecule has 0 spiro atoms. The molecule has 3 aromatic rings. The molecule has 1 aliphatic rings. The Morgan fingerprint density at radius 1 is 0.963 bits per heavy atom. The Balaban J connectivity index is 1.68. The van der Waals surface area contributed by atoms with E-state index in [2.05, 4.69) is 16.0 Å². The minimum atomic E-state index is -0.244. The molecular formula is C22H19N3O2. The van der Waals surface area contributed by atoms with Crippen LogP contribution in [0.4, 0.5) is 11.4 Å². The van der Waals surface area contributed by atoms with Gasteiger partial charge in [0.05, 0.1) is 11.3 Å². The van der Waals surface area contributed by atoms with Crippen molar-refractivity contribution in [1.29, 1.82) is 0 Å². The number of amides is 2. The molecule has 4 rings (SSSR count). The molecule has 3 N–H and O–H groups in total. The quantitative estimate of drug-likeness (QED) is 0.663. The molecule has 0 saturated carbocycles. The molecular weight excluding hydrogens is 338 g/mol. The van der Waals surface area contributed by atoms with E-state index in [1.807, 2.05) is 55.6 Å². The highest BCUT2D eigenvalue weighted by Crippen LogP contribution is 2.34. The molecule has 27 heavy (non-hydrogen) atoms. The average Bonchev–Trinajstić information content (AvgIpc) is 3.11. The van der Waals surface area contributed by atoms with E-state index in [-0.39, 0.29) is 11.8 Å². The Morgan fingerprint density at radius 2 is 1.70 bits per heavy atom. The van der Waals surface area contributed by atoms with Gasteiger partial charge in [0.2, 0.25) is 0 Å². The van der Waals surface area contributed by atoms with Gasteiger partial charge in [0.25, 0.3) is 11.8 Å². The van der Waals surface area contributed by atoms with Gasteiger partial charge in [-0.3, -0.25) is 9.59 Å². The van der Waals surface area contributed by atoms with Crippen molar-refractivity contribution in [2.45, 2.75) is 6.54 Å². The third kappa shape index (κ3) is 3.15. The van der Waals surface area contributed by atoms with Gasteiger partial charge in [-0.25, -0.2) is 0 Å². The summed E-state index contributed by atoms with van der Waals surface area (Å²) in [5.74, 6) is -0.407. The first kappa shape index (κ1) is 16.8. The van der Waals surface area contributed by atoms with Gasteiger partial charge >= 0.3 is 0 Å². The van der Waals surface area contributed by atoms with Gasteiger partial charge in [-0.2, -0.15) is 0 Å². The topological polar surface area (TPSA) is 70.2 Å². The Morgan fingerprint density at radius 3 is 2.41 bits per heavy atom. The highest BCUT2D eigenvalue weighted by Gasteiger charge is 2.26. The maximum absolute atomic E-state index is 12.6. The van der Waals surface area contributed by atoms with Crippen LogP contribution in [0.5, 0.6) is 0 Å². The van der Waals surface area contributed by atoms with Crippen LogP contribution in [0.1, 0.15) is 26.3 Å². The molecule has 0 atom stereocenters. The van der Waals surface area contributed by atoms with Gasteiger partial charge in [-0.15, -0.1) is 0 Å². The number of carbonyl (C=O) groups excluding carboxylic acids is 2. The van der Waals surface area contributed by atoms with Crippen LogP contribution in [0.15, 0.2) is 66.7 Å². The molecule has 3 aromatic carbocycles. The third-order valence-corrected chi connectivity index (χ3v) is 4.73. The smallest absolute Gasteiger partial charge is 0.255 e. The third-order valence-electron chi connectivity index (χ3n) is 4.73. The van der Waals surface area contributed by atoms with Crippen LogP contribution in [0, 0.1) is 0 Å². The van der Waals surface area contributed by atoms with E-state index in [0.717, 1.165) is 22.4 Å². The van der Waals surface area contributed by atoms with E-state index >= 15 is 0 Å². The second-order valence-corrected chi connectivity index (χ2v) is 6.34. The highest BCUT2D eigenvalue weighted by molar-refractivity contribution is 6.11. The van der Waals surface area contributed by atoms with Crippen molar-refractivity contribution in [3.05, 3.63) is 83.4 Å². The summed E-state index contributed by atoms with van der Waals surface area (Å²) in [5, 5.41) is 8.77. The predicted octanol–water partition coefficient (Wildman–Crippen LogP) is 3.89. The molecule has 0 aliphatic carbocycles. The molecule has 0 radical (unpaired) electrons. The van der Waals surface area contributed by atoms with Gasteiger partial charge in [-0.05, 0) is 47.0 Å². The number of benzene rings is 3. The number of hydrogen-bond donors (Lipinski definition) is 3. The van der Waals surface area contributed by atoms with Crippen LogP contribution in [-0.2, 0) is 6.54 Å². The SMILES string of the molecule is CNc1ccc(C(=O)Nc2ccc(-c3ccccc3)c3c2C(=O)NC3)cc1. The Hall–Kier alpha value is -3.60. The van der Waals surface area contributed by atoms with E-state index < -0.39 is 0 Å². The summed E-state index contributed by atoms with van der Waals surface area (Å²) >= 11 is 0. The van der Waals surface area contributed by atoms with E-state index in [1.54, 1.807) is 18.2 Å². The van der Waals surface area contributed by atoms with Gasteiger partial charge in [-0.1, -0.05) is 36.4 Å². The first-order valence-electron chi connectivity index (χ1n) is 8.76. The van der Waals surface area contributed by atoms with Gasteiger partial charge in [0.15, 0.2) is 0 Å². The number of hydrogen-bond acceptors (Lipinski definition) is 3. The van der Waals surface area contributed by atoms with Crippen molar-refractivity contribution in [2.75, 3.05) is 17.7 Å². The lowest BCUT2D eigenvalue weighted by atomic mass is 9.95. The summed E-state index contributed by atoms with van der Waals surface area (Å²) < 4.78 is 0. The molecule has 0 bridgehead atoms. The lowest BCUT2D eigenvalue weighted by Gasteiger charge is -2.13. The molecule has 134 valence electrons. The second-order valence-electron chi connectivity index (χ2n) is 6.34. The molecule has 1 aliphatic heterocycles. The molecule has 5 nitrogen and oxygen atoms in total. The normalized spacial score (nSPS) is 12.3. The Labute approximate surface area is 157 Å². The van der Waals surface area contributed by atoms with E-state index in [4.69, 9.17) is 0 Å². The molecule has 0 unspecified atom stereocenters. The molecule has 0 aromatic heterocycles. The summed E-state index contributed by atoms with van der Waals surface area (Å²) in [5.41, 5.74) is 5.49. The summed E-state index contributed by atoms with van der Waals surface area (Å²) in [6, 6.07) is 20.8. The lowest BCUT2D eigenvalue weighted by Crippen LogP contribution is -2.17. The average molecular weight is 357 g/mol. The van der Waals surface area contributed by atoms with Crippen LogP contribution in [0.3, 0.4) is 0 Å². The maximum Gasteiger partial charge on any atom is 0.255 e. The zero-order valence-electron chi connectivity index (χ0n) is 14.9. The van der Waals surface area contributed by atoms with Crippen LogP contribution in [0.25, 0.3) is 11.1 Å². The minimum Gasteiger partial charge on any atom is -0.388 e. The lowest BCUT2D eigenvalue weighted by molar-refractivity contribution is 0.0966. The van der Waals surface area contributed by atoms with Crippen molar-refractivity contribution < 1.29 is 9.59 Å². The predicted molar refractivity (Wildman–Crippen MR) is 107 cm³/mol. The van der Waals surface area contributed by atoms with Gasteiger partial charge in [0, 0.05) is 24.8 Å². The van der Waals surface area contributed by atoms with Crippen molar-refractivity contribution in [2.24, 2.45) is 0 Å². The van der Waals surface area contributed by atoms with E-state index in [1.165, 1.54) is 0 Å². The van der Waals surface area contributed by atoms with Crippen molar-refractivity contribution >= 4 is 23.2 Å². The van der Waals surface area contributed by atoms with Crippen molar-refractivity contribution in [3.63, 3.8) is 0 Å². The monoisotopic (exact) mass is 357 g/mol. The number of fused-ring (bicyclic) bond motifs is 1. The summed E-state index contributed by atoms with van der Waals surface area (Å²) in [6.07, 6.45) is 0. The molecule has 1 heterocycles. The molecule has 5 heteroatoms. The standard InChI is InChI=1S/C22H19N3O2/c1-23-16-9-7-15(8-10-16)21(26)25-19-12-11-17(14-5-3-2-4-6-14)18-13-24-22(27)20(18)19/h2-12,23H,13H2,1H3,(H,24,27)(H,25,26). The number of carbonyl (C=O) groups is 2. The number of anilines is 2. The van der Waals surface area contributed by atoms with E-state index in [9.17, 15) is 9.59 Å². The zero-order valence-corrected chi connectivity index (χ0v) is 14.9. The van der Waals surface area contributed by atoms with Gasteiger partial charge in [0.1, 0.15) is 0 Å². The van der Waals surface area contributed by atoms with Crippen LogP contribution in [-0.4, -0.2) is 18.9 Å². The van der Waals surface area contributed by atoms with Crippen LogP contribution >= 0.6 is 0 Å².